The molecule has 0 saturated carbocycles. The topological polar surface area (TPSA) is 96.4 Å². The number of phenols is 1. The van der Waals surface area contributed by atoms with E-state index in [-0.39, 0.29) is 50.2 Å². The number of hydrogen-bond acceptors (Lipinski definition) is 5. The van der Waals surface area contributed by atoms with Gasteiger partial charge in [0.05, 0.1) is 23.1 Å². The molecule has 0 bridgehead atoms. The van der Waals surface area contributed by atoms with E-state index in [9.17, 15) is 19.5 Å². The summed E-state index contributed by atoms with van der Waals surface area (Å²) in [6.45, 7) is 4.58. The highest BCUT2D eigenvalue weighted by molar-refractivity contribution is 6.42. The normalized spacial score (nSPS) is 19.0. The molecule has 0 aliphatic carbocycles. The highest BCUT2D eigenvalue weighted by Crippen LogP contribution is 2.30. The van der Waals surface area contributed by atoms with Gasteiger partial charge in [-0.1, -0.05) is 77.8 Å². The van der Waals surface area contributed by atoms with Gasteiger partial charge >= 0.3 is 6.03 Å². The van der Waals surface area contributed by atoms with Gasteiger partial charge in [-0.15, -0.1) is 6.58 Å². The van der Waals surface area contributed by atoms with Crippen LogP contribution in [0.25, 0.3) is 0 Å². The number of halogens is 2. The fraction of sp³-hybridized carbons (Fsp3) is 0.258. The fourth-order valence-electron chi connectivity index (χ4n) is 5.41. The summed E-state index contributed by atoms with van der Waals surface area (Å²) in [6.07, 6.45) is 1.07. The molecule has 3 aromatic rings. The Balaban J connectivity index is 1.50. The lowest BCUT2D eigenvalue weighted by atomic mass is 9.98. The van der Waals surface area contributed by atoms with Gasteiger partial charge < -0.3 is 20.2 Å². The fourth-order valence-corrected chi connectivity index (χ4v) is 5.73. The van der Waals surface area contributed by atoms with E-state index in [0.717, 1.165) is 16.7 Å². The second kappa shape index (κ2) is 12.9. The molecule has 2 fully saturated rings. The number of hydrazine groups is 1. The van der Waals surface area contributed by atoms with Crippen LogP contribution in [-0.2, 0) is 29.1 Å². The van der Waals surface area contributed by atoms with E-state index in [1.807, 2.05) is 30.3 Å². The van der Waals surface area contributed by atoms with Crippen LogP contribution in [0.3, 0.4) is 0 Å². The van der Waals surface area contributed by atoms with Crippen LogP contribution in [0.1, 0.15) is 16.7 Å². The van der Waals surface area contributed by atoms with Gasteiger partial charge in [0.15, 0.2) is 0 Å². The molecule has 2 aliphatic rings. The van der Waals surface area contributed by atoms with Crippen molar-refractivity contribution >= 4 is 41.0 Å². The molecule has 0 aromatic heterocycles. The third-order valence-corrected chi connectivity index (χ3v) is 8.13. The Labute approximate surface area is 254 Å². The van der Waals surface area contributed by atoms with Crippen LogP contribution < -0.4 is 5.32 Å². The Morgan fingerprint density at radius 3 is 2.38 bits per heavy atom. The molecule has 42 heavy (non-hydrogen) atoms. The van der Waals surface area contributed by atoms with Gasteiger partial charge in [0.1, 0.15) is 18.0 Å². The predicted molar refractivity (Wildman–Crippen MR) is 160 cm³/mol. The highest BCUT2D eigenvalue weighted by Gasteiger charge is 2.51. The van der Waals surface area contributed by atoms with E-state index < -0.39 is 18.2 Å². The number of urea groups is 1. The zero-order valence-corrected chi connectivity index (χ0v) is 24.3. The van der Waals surface area contributed by atoms with E-state index in [0.29, 0.717) is 16.6 Å². The second-order valence-electron chi connectivity index (χ2n) is 10.3. The number of aromatic hydroxyl groups is 1. The molecular weight excluding hydrogens is 577 g/mol. The minimum atomic E-state index is -0.876. The Morgan fingerprint density at radius 2 is 1.69 bits per heavy atom. The summed E-state index contributed by atoms with van der Waals surface area (Å²) < 4.78 is 0. The standard InChI is InChI=1S/C31H31Cl2N5O4/c1-2-14-36-20-29(40)37-27(16-21-8-11-24(39)12-9-21)30(41)35(18-23-10-13-25(32)26(33)15-23)19-28(37)38(36)31(42)34-17-22-6-4-3-5-7-22/h2-13,15,27-28,39H,1,14,16-20H2,(H,34,42)/t27-,28-/m0/s1. The second-order valence-corrected chi connectivity index (χ2v) is 11.1. The number of rotatable bonds is 8. The monoisotopic (exact) mass is 607 g/mol. The van der Waals surface area contributed by atoms with Gasteiger partial charge in [0, 0.05) is 26.1 Å². The summed E-state index contributed by atoms with van der Waals surface area (Å²) in [7, 11) is 0. The quantitative estimate of drug-likeness (QED) is 0.369. The predicted octanol–water partition coefficient (Wildman–Crippen LogP) is 4.44. The molecular formula is C31H31Cl2N5O4. The van der Waals surface area contributed by atoms with Crippen molar-refractivity contribution in [2.24, 2.45) is 0 Å². The van der Waals surface area contributed by atoms with Gasteiger partial charge in [0.25, 0.3) is 0 Å². The molecule has 2 saturated heterocycles. The molecule has 3 aromatic carbocycles. The van der Waals surface area contributed by atoms with Crippen molar-refractivity contribution in [2.75, 3.05) is 19.6 Å². The first-order valence-electron chi connectivity index (χ1n) is 13.5. The van der Waals surface area contributed by atoms with Gasteiger partial charge in [0.2, 0.25) is 11.8 Å². The van der Waals surface area contributed by atoms with Crippen LogP contribution in [0, 0.1) is 0 Å². The number of nitrogens with one attached hydrogen (secondary N) is 1. The first kappa shape index (κ1) is 29.4. The van der Waals surface area contributed by atoms with Crippen molar-refractivity contribution in [3.8, 4) is 5.75 Å². The zero-order chi connectivity index (χ0) is 29.8. The van der Waals surface area contributed by atoms with Crippen LogP contribution in [0.15, 0.2) is 85.5 Å². The number of benzene rings is 3. The Bertz CT molecular complexity index is 1470. The lowest BCUT2D eigenvalue weighted by Crippen LogP contribution is -2.76. The third-order valence-electron chi connectivity index (χ3n) is 7.39. The van der Waals surface area contributed by atoms with Gasteiger partial charge in [-0.25, -0.2) is 14.8 Å². The summed E-state index contributed by atoms with van der Waals surface area (Å²) >= 11 is 12.4. The van der Waals surface area contributed by atoms with E-state index in [1.54, 1.807) is 58.4 Å². The summed E-state index contributed by atoms with van der Waals surface area (Å²) in [5, 5.41) is 16.7. The maximum Gasteiger partial charge on any atom is 0.334 e. The number of phenolic OH excluding ortho intramolecular Hbond substituents is 1. The van der Waals surface area contributed by atoms with Crippen molar-refractivity contribution in [3.05, 3.63) is 112 Å². The molecule has 4 amide bonds. The molecule has 5 rings (SSSR count). The Kier molecular flexibility index (Phi) is 9.01. The van der Waals surface area contributed by atoms with E-state index in [2.05, 4.69) is 11.9 Å². The third kappa shape index (κ3) is 6.38. The van der Waals surface area contributed by atoms with Crippen molar-refractivity contribution in [1.82, 2.24) is 25.1 Å². The average Bonchev–Trinajstić information content (AvgIpc) is 2.97. The van der Waals surface area contributed by atoms with Gasteiger partial charge in [-0.2, -0.15) is 0 Å². The maximum absolute atomic E-state index is 14.0. The van der Waals surface area contributed by atoms with Crippen LogP contribution in [0.4, 0.5) is 4.79 Å². The number of amides is 4. The minimum absolute atomic E-state index is 0.0866. The SMILES string of the molecule is C=CCN1CC(=O)N2[C@@H](Cc3ccc(O)cc3)C(=O)N(Cc3ccc(Cl)c(Cl)c3)C[C@@H]2N1C(=O)NCc1ccccc1. The van der Waals surface area contributed by atoms with Crippen molar-refractivity contribution in [2.45, 2.75) is 31.7 Å². The summed E-state index contributed by atoms with van der Waals surface area (Å²) in [5.74, 6) is -0.413. The molecule has 2 atom stereocenters. The molecule has 2 N–H and O–H groups in total. The van der Waals surface area contributed by atoms with Crippen molar-refractivity contribution < 1.29 is 19.5 Å². The average molecular weight is 609 g/mol. The lowest BCUT2D eigenvalue weighted by molar-refractivity contribution is -0.189. The van der Waals surface area contributed by atoms with Crippen LogP contribution in [0.5, 0.6) is 5.75 Å². The van der Waals surface area contributed by atoms with Gasteiger partial charge in [-0.3, -0.25) is 9.59 Å². The molecule has 218 valence electrons. The van der Waals surface area contributed by atoms with Crippen LogP contribution >= 0.6 is 23.2 Å². The van der Waals surface area contributed by atoms with Crippen molar-refractivity contribution in [1.29, 1.82) is 0 Å². The Morgan fingerprint density at radius 1 is 0.976 bits per heavy atom. The number of carbonyl (C=O) groups is 3. The first-order valence-corrected chi connectivity index (χ1v) is 14.3. The van der Waals surface area contributed by atoms with Gasteiger partial charge in [-0.05, 0) is 41.0 Å². The number of hydrogen-bond donors (Lipinski definition) is 2. The zero-order valence-electron chi connectivity index (χ0n) is 22.8. The lowest BCUT2D eigenvalue weighted by Gasteiger charge is -2.55. The van der Waals surface area contributed by atoms with Crippen LogP contribution in [0.2, 0.25) is 10.0 Å². The van der Waals surface area contributed by atoms with E-state index in [4.69, 9.17) is 23.2 Å². The van der Waals surface area contributed by atoms with E-state index >= 15 is 0 Å². The molecule has 0 unspecified atom stereocenters. The Hall–Kier alpha value is -4.05. The molecule has 11 heteroatoms. The largest absolute Gasteiger partial charge is 0.508 e. The molecule has 0 radical (unpaired) electrons. The maximum atomic E-state index is 14.0. The summed E-state index contributed by atoms with van der Waals surface area (Å²) in [4.78, 5) is 44.6. The molecule has 2 heterocycles. The number of piperazine rings is 1. The first-order chi connectivity index (χ1) is 20.2. The molecule has 2 aliphatic heterocycles. The molecule has 0 spiro atoms. The molecule has 9 nitrogen and oxygen atoms in total. The summed E-state index contributed by atoms with van der Waals surface area (Å²) in [5.41, 5.74) is 2.46. The number of nitrogens with zero attached hydrogens (tertiary/aromatic N) is 4. The number of carbonyl (C=O) groups excluding carboxylic acids is 3. The summed E-state index contributed by atoms with van der Waals surface area (Å²) in [6, 6.07) is 20.0. The highest BCUT2D eigenvalue weighted by atomic mass is 35.5. The smallest absolute Gasteiger partial charge is 0.334 e. The van der Waals surface area contributed by atoms with Crippen LogP contribution in [-0.4, -0.2) is 74.6 Å². The minimum Gasteiger partial charge on any atom is -0.508 e. The number of fused-ring (bicyclic) bond motifs is 1. The van der Waals surface area contributed by atoms with E-state index in [1.165, 1.54) is 9.91 Å². The van der Waals surface area contributed by atoms with Crippen molar-refractivity contribution in [3.63, 3.8) is 0 Å².